The molecule has 7 nitrogen and oxygen atoms in total. The second-order valence-corrected chi connectivity index (χ2v) is 10.1. The minimum atomic E-state index is -3.79. The molecule has 0 bridgehead atoms. The van der Waals surface area contributed by atoms with Crippen LogP contribution in [0.5, 0.6) is 0 Å². The minimum absolute atomic E-state index is 0.148. The van der Waals surface area contributed by atoms with Crippen LogP contribution in [0.15, 0.2) is 35.5 Å². The van der Waals surface area contributed by atoms with Crippen LogP contribution in [0.1, 0.15) is 33.6 Å². The molecular weight excluding hydrogens is 402 g/mol. The van der Waals surface area contributed by atoms with Gasteiger partial charge < -0.3 is 10.1 Å². The molecule has 1 amide bonds. The van der Waals surface area contributed by atoms with Gasteiger partial charge in [0.15, 0.2) is 0 Å². The van der Waals surface area contributed by atoms with Crippen molar-refractivity contribution < 1.29 is 17.9 Å². The molecule has 0 spiro atoms. The number of ether oxygens (including phenoxy) is 1. The van der Waals surface area contributed by atoms with Crippen molar-refractivity contribution in [3.8, 4) is 0 Å². The van der Waals surface area contributed by atoms with Gasteiger partial charge in [-0.3, -0.25) is 4.98 Å². The molecule has 28 heavy (non-hydrogen) atoms. The summed E-state index contributed by atoms with van der Waals surface area (Å²) >= 11 is 6.25. The molecule has 0 unspecified atom stereocenters. The maximum Gasteiger partial charge on any atom is 0.407 e. The van der Waals surface area contributed by atoms with Crippen molar-refractivity contribution in [1.82, 2.24) is 14.6 Å². The largest absolute Gasteiger partial charge is 0.444 e. The zero-order valence-electron chi connectivity index (χ0n) is 16.1. The van der Waals surface area contributed by atoms with E-state index in [4.69, 9.17) is 16.3 Å². The van der Waals surface area contributed by atoms with Gasteiger partial charge in [-0.1, -0.05) is 23.7 Å². The van der Waals surface area contributed by atoms with Crippen LogP contribution in [0.25, 0.3) is 10.8 Å². The molecule has 1 aliphatic heterocycles. The summed E-state index contributed by atoms with van der Waals surface area (Å²) in [6.07, 6.45) is 3.80. The van der Waals surface area contributed by atoms with Crippen LogP contribution < -0.4 is 5.32 Å². The predicted octanol–water partition coefficient (Wildman–Crippen LogP) is 3.57. The molecule has 152 valence electrons. The number of nitrogens with one attached hydrogen (secondary N) is 1. The first-order valence-corrected chi connectivity index (χ1v) is 10.9. The molecule has 2 aromatic rings. The van der Waals surface area contributed by atoms with E-state index in [2.05, 4.69) is 10.3 Å². The zero-order valence-corrected chi connectivity index (χ0v) is 17.7. The molecule has 3 rings (SSSR count). The number of fused-ring (bicyclic) bond motifs is 1. The van der Waals surface area contributed by atoms with Gasteiger partial charge in [-0.2, -0.15) is 4.31 Å². The zero-order chi connectivity index (χ0) is 20.5. The number of nitrogens with zero attached hydrogens (tertiary/aromatic N) is 2. The fourth-order valence-electron chi connectivity index (χ4n) is 3.27. The lowest BCUT2D eigenvalue weighted by Gasteiger charge is -2.33. The van der Waals surface area contributed by atoms with Crippen LogP contribution >= 0.6 is 11.6 Å². The number of aromatic nitrogens is 1. The molecule has 0 radical (unpaired) electrons. The van der Waals surface area contributed by atoms with Gasteiger partial charge in [-0.15, -0.1) is 0 Å². The monoisotopic (exact) mass is 425 g/mol. The Balaban J connectivity index is 1.84. The average Bonchev–Trinajstić information content (AvgIpc) is 2.60. The lowest BCUT2D eigenvalue weighted by Crippen LogP contribution is -2.50. The van der Waals surface area contributed by atoms with Crippen LogP contribution in [0.2, 0.25) is 5.02 Å². The highest BCUT2D eigenvalue weighted by Crippen LogP contribution is 2.31. The topological polar surface area (TPSA) is 88.6 Å². The number of pyridine rings is 1. The van der Waals surface area contributed by atoms with E-state index in [1.54, 1.807) is 45.2 Å². The van der Waals surface area contributed by atoms with E-state index in [0.29, 0.717) is 30.2 Å². The molecular formula is C19H24ClN3O4S. The summed E-state index contributed by atoms with van der Waals surface area (Å²) in [5.41, 5.74) is -0.613. The lowest BCUT2D eigenvalue weighted by molar-refractivity contribution is 0.0487. The van der Waals surface area contributed by atoms with Crippen molar-refractivity contribution in [3.63, 3.8) is 0 Å². The Labute approximate surface area is 170 Å². The maximum atomic E-state index is 13.3. The van der Waals surface area contributed by atoms with Gasteiger partial charge >= 0.3 is 6.09 Å². The molecule has 1 atom stereocenters. The number of piperidine rings is 1. The molecule has 2 heterocycles. The number of carbonyl (C=O) groups excluding carboxylic acids is 1. The summed E-state index contributed by atoms with van der Waals surface area (Å²) in [7, 11) is -3.79. The number of benzene rings is 1. The summed E-state index contributed by atoms with van der Waals surface area (Å²) in [5.74, 6) is 0. The van der Waals surface area contributed by atoms with E-state index in [0.717, 1.165) is 0 Å². The second-order valence-electron chi connectivity index (χ2n) is 7.82. The summed E-state index contributed by atoms with van der Waals surface area (Å²) in [6.45, 7) is 5.91. The van der Waals surface area contributed by atoms with E-state index >= 15 is 0 Å². The highest BCUT2D eigenvalue weighted by molar-refractivity contribution is 7.89. The van der Waals surface area contributed by atoms with E-state index in [1.807, 2.05) is 0 Å². The average molecular weight is 426 g/mol. The Bertz CT molecular complexity index is 983. The summed E-state index contributed by atoms with van der Waals surface area (Å²) < 4.78 is 33.3. The second kappa shape index (κ2) is 7.85. The van der Waals surface area contributed by atoms with Crippen molar-refractivity contribution >= 4 is 38.5 Å². The van der Waals surface area contributed by atoms with Crippen LogP contribution in [-0.2, 0) is 14.8 Å². The number of sulfonamides is 1. The minimum Gasteiger partial charge on any atom is -0.444 e. The standard InChI is InChI=1S/C19H24ClN3O4S/c1-19(2,3)27-18(24)22-14-7-5-9-23(12-14)28(25,26)16-8-4-6-13-10-21-11-15(20)17(13)16/h4,6,8,10-11,14H,5,7,9,12H2,1-3H3,(H,22,24)/t14-/m1/s1. The maximum absolute atomic E-state index is 13.3. The van der Waals surface area contributed by atoms with Gasteiger partial charge in [-0.25, -0.2) is 13.2 Å². The van der Waals surface area contributed by atoms with Gasteiger partial charge in [-0.05, 0) is 39.7 Å². The van der Waals surface area contributed by atoms with Gasteiger partial charge in [0.05, 0.1) is 9.92 Å². The quantitative estimate of drug-likeness (QED) is 0.812. The Morgan fingerprint density at radius 2 is 2.07 bits per heavy atom. The molecule has 1 aromatic heterocycles. The summed E-state index contributed by atoms with van der Waals surface area (Å²) in [6, 6.07) is 4.68. The number of carbonyl (C=O) groups is 1. The summed E-state index contributed by atoms with van der Waals surface area (Å²) in [4.78, 5) is 16.2. The number of rotatable bonds is 3. The SMILES string of the molecule is CC(C)(C)OC(=O)N[C@@H]1CCCN(S(=O)(=O)c2cccc3cncc(Cl)c23)C1. The number of hydrogen-bond acceptors (Lipinski definition) is 5. The Morgan fingerprint density at radius 1 is 1.32 bits per heavy atom. The first kappa shape index (κ1) is 20.8. The first-order valence-electron chi connectivity index (χ1n) is 9.10. The Kier molecular flexibility index (Phi) is 5.84. The van der Waals surface area contributed by atoms with Crippen molar-refractivity contribution in [2.45, 2.75) is 50.2 Å². The van der Waals surface area contributed by atoms with E-state index in [1.165, 1.54) is 10.5 Å². The first-order chi connectivity index (χ1) is 13.1. The van der Waals surface area contributed by atoms with E-state index in [9.17, 15) is 13.2 Å². The van der Waals surface area contributed by atoms with Gasteiger partial charge in [0, 0.05) is 42.3 Å². The molecule has 0 saturated carbocycles. The third-order valence-electron chi connectivity index (χ3n) is 4.42. The smallest absolute Gasteiger partial charge is 0.407 e. The Morgan fingerprint density at radius 3 is 2.79 bits per heavy atom. The van der Waals surface area contributed by atoms with Gasteiger partial charge in [0.25, 0.3) is 0 Å². The molecule has 1 fully saturated rings. The van der Waals surface area contributed by atoms with Crippen LogP contribution in [0, 0.1) is 0 Å². The highest BCUT2D eigenvalue weighted by Gasteiger charge is 2.33. The third-order valence-corrected chi connectivity index (χ3v) is 6.62. The van der Waals surface area contributed by atoms with Crippen molar-refractivity contribution in [1.29, 1.82) is 0 Å². The number of hydrogen-bond donors (Lipinski definition) is 1. The van der Waals surface area contributed by atoms with E-state index < -0.39 is 21.7 Å². The number of halogens is 1. The van der Waals surface area contributed by atoms with Gasteiger partial charge in [0.1, 0.15) is 5.60 Å². The van der Waals surface area contributed by atoms with Crippen LogP contribution in [-0.4, -0.2) is 48.5 Å². The molecule has 0 aliphatic carbocycles. The van der Waals surface area contributed by atoms with Crippen LogP contribution in [0.4, 0.5) is 4.79 Å². The lowest BCUT2D eigenvalue weighted by atomic mass is 10.1. The van der Waals surface area contributed by atoms with E-state index in [-0.39, 0.29) is 22.5 Å². The molecule has 1 N–H and O–H groups in total. The summed E-state index contributed by atoms with van der Waals surface area (Å²) in [5, 5.41) is 4.18. The fraction of sp³-hybridized carbons (Fsp3) is 0.474. The third kappa shape index (κ3) is 4.56. The molecule has 1 saturated heterocycles. The number of amides is 1. The normalized spacial score (nSPS) is 18.8. The molecule has 1 aliphatic rings. The Hall–Kier alpha value is -1.90. The highest BCUT2D eigenvalue weighted by atomic mass is 35.5. The number of alkyl carbamates (subject to hydrolysis) is 1. The van der Waals surface area contributed by atoms with Gasteiger partial charge in [0.2, 0.25) is 10.0 Å². The molecule has 9 heteroatoms. The van der Waals surface area contributed by atoms with Crippen molar-refractivity contribution in [2.75, 3.05) is 13.1 Å². The van der Waals surface area contributed by atoms with Crippen molar-refractivity contribution in [3.05, 3.63) is 35.6 Å². The fourth-order valence-corrected chi connectivity index (χ4v) is 5.35. The van der Waals surface area contributed by atoms with Crippen LogP contribution in [0.3, 0.4) is 0 Å². The molecule has 1 aromatic carbocycles. The predicted molar refractivity (Wildman–Crippen MR) is 108 cm³/mol. The van der Waals surface area contributed by atoms with Crippen molar-refractivity contribution in [2.24, 2.45) is 0 Å².